The Morgan fingerprint density at radius 3 is 2.39 bits per heavy atom. The lowest BCUT2D eigenvalue weighted by Crippen LogP contribution is -2.51. The second kappa shape index (κ2) is 9.75. The van der Waals surface area contributed by atoms with Gasteiger partial charge in [0.25, 0.3) is 0 Å². The molecule has 0 aromatic heterocycles. The summed E-state index contributed by atoms with van der Waals surface area (Å²) in [5.74, 6) is 0.0798. The smallest absolute Gasteiger partial charge is 0.242 e. The fourth-order valence-corrected chi connectivity index (χ4v) is 6.87. The van der Waals surface area contributed by atoms with Gasteiger partial charge in [-0.05, 0) is 87.0 Å². The van der Waals surface area contributed by atoms with Crippen LogP contribution in [0.5, 0.6) is 0 Å². The van der Waals surface area contributed by atoms with E-state index in [2.05, 4.69) is 21.8 Å². The SMILES string of the molecule is O=S(=O)(NC1CCCC1N1CCC(Cc2ccc(Cl)cc2)CC1)c1ccc(F)cc1Cl. The highest BCUT2D eigenvalue weighted by atomic mass is 35.5. The zero-order chi connectivity index (χ0) is 22.0. The van der Waals surface area contributed by atoms with Crippen molar-refractivity contribution in [2.24, 2.45) is 5.92 Å². The molecule has 0 spiro atoms. The van der Waals surface area contributed by atoms with E-state index >= 15 is 0 Å². The lowest BCUT2D eigenvalue weighted by molar-refractivity contribution is 0.122. The van der Waals surface area contributed by atoms with Gasteiger partial charge in [0.2, 0.25) is 10.0 Å². The van der Waals surface area contributed by atoms with Crippen LogP contribution in [0.15, 0.2) is 47.4 Å². The third-order valence-corrected chi connectivity index (χ3v) is 8.75. The zero-order valence-corrected chi connectivity index (χ0v) is 19.6. The van der Waals surface area contributed by atoms with E-state index in [1.807, 2.05) is 12.1 Å². The predicted molar refractivity (Wildman–Crippen MR) is 123 cm³/mol. The molecule has 0 amide bonds. The first kappa shape index (κ1) is 23.0. The molecule has 2 atom stereocenters. The molecular weight excluding hydrogens is 458 g/mol. The van der Waals surface area contributed by atoms with E-state index in [1.54, 1.807) is 0 Å². The van der Waals surface area contributed by atoms with Gasteiger partial charge < -0.3 is 0 Å². The fraction of sp³-hybridized carbons (Fsp3) is 0.478. The summed E-state index contributed by atoms with van der Waals surface area (Å²) >= 11 is 12.0. The van der Waals surface area contributed by atoms with E-state index in [9.17, 15) is 12.8 Å². The first-order valence-electron chi connectivity index (χ1n) is 10.8. The number of piperidine rings is 1. The zero-order valence-electron chi connectivity index (χ0n) is 17.2. The van der Waals surface area contributed by atoms with Gasteiger partial charge in [0, 0.05) is 17.1 Å². The number of benzene rings is 2. The molecule has 0 radical (unpaired) electrons. The molecule has 1 saturated carbocycles. The van der Waals surface area contributed by atoms with Crippen LogP contribution in [0.3, 0.4) is 0 Å². The van der Waals surface area contributed by atoms with E-state index in [0.717, 1.165) is 68.8 Å². The molecule has 1 saturated heterocycles. The average Bonchev–Trinajstić information content (AvgIpc) is 3.17. The Bertz CT molecular complexity index is 1010. The molecule has 4 rings (SSSR count). The number of nitrogens with zero attached hydrogens (tertiary/aromatic N) is 1. The first-order valence-corrected chi connectivity index (χ1v) is 13.0. The summed E-state index contributed by atoms with van der Waals surface area (Å²) in [7, 11) is -3.80. The van der Waals surface area contributed by atoms with Crippen molar-refractivity contribution in [1.82, 2.24) is 9.62 Å². The van der Waals surface area contributed by atoms with Crippen molar-refractivity contribution in [1.29, 1.82) is 0 Å². The largest absolute Gasteiger partial charge is 0.299 e. The van der Waals surface area contributed by atoms with E-state index in [1.165, 1.54) is 11.6 Å². The second-order valence-corrected chi connectivity index (χ2v) is 11.1. The number of sulfonamides is 1. The number of hydrogen-bond acceptors (Lipinski definition) is 3. The Hall–Kier alpha value is -1.18. The van der Waals surface area contributed by atoms with E-state index < -0.39 is 15.8 Å². The van der Waals surface area contributed by atoms with Gasteiger partial charge in [0.05, 0.1) is 5.02 Å². The topological polar surface area (TPSA) is 49.4 Å². The Balaban J connectivity index is 1.36. The molecule has 1 aliphatic heterocycles. The van der Waals surface area contributed by atoms with E-state index in [0.29, 0.717) is 5.92 Å². The van der Waals surface area contributed by atoms with E-state index in [-0.39, 0.29) is 22.0 Å². The fourth-order valence-electron chi connectivity index (χ4n) is 4.91. The Morgan fingerprint density at radius 2 is 1.71 bits per heavy atom. The lowest BCUT2D eigenvalue weighted by atomic mass is 9.89. The van der Waals surface area contributed by atoms with Crippen molar-refractivity contribution >= 4 is 33.2 Å². The van der Waals surface area contributed by atoms with Gasteiger partial charge in [0.15, 0.2) is 0 Å². The molecule has 31 heavy (non-hydrogen) atoms. The van der Waals surface area contributed by atoms with Gasteiger partial charge in [-0.2, -0.15) is 0 Å². The summed E-state index contributed by atoms with van der Waals surface area (Å²) < 4.78 is 41.9. The van der Waals surface area contributed by atoms with Crippen LogP contribution >= 0.6 is 23.2 Å². The molecule has 4 nitrogen and oxygen atoms in total. The molecule has 2 aromatic carbocycles. The molecule has 168 valence electrons. The lowest BCUT2D eigenvalue weighted by Gasteiger charge is -2.38. The first-order chi connectivity index (χ1) is 14.8. The average molecular weight is 485 g/mol. The van der Waals surface area contributed by atoms with Crippen molar-refractivity contribution in [3.05, 3.63) is 63.9 Å². The van der Waals surface area contributed by atoms with Gasteiger partial charge in [0.1, 0.15) is 10.7 Å². The maximum atomic E-state index is 13.3. The van der Waals surface area contributed by atoms with Crippen LogP contribution in [0.2, 0.25) is 10.0 Å². The third-order valence-electron chi connectivity index (χ3n) is 6.53. The van der Waals surface area contributed by atoms with Crippen LogP contribution < -0.4 is 4.72 Å². The summed E-state index contributed by atoms with van der Waals surface area (Å²) in [4.78, 5) is 2.37. The molecule has 8 heteroatoms. The van der Waals surface area contributed by atoms with Crippen molar-refractivity contribution < 1.29 is 12.8 Å². The maximum absolute atomic E-state index is 13.3. The minimum Gasteiger partial charge on any atom is -0.299 e. The van der Waals surface area contributed by atoms with Gasteiger partial charge in [-0.1, -0.05) is 41.8 Å². The summed E-state index contributed by atoms with van der Waals surface area (Å²) in [5.41, 5.74) is 1.31. The minimum absolute atomic E-state index is 0.0668. The van der Waals surface area contributed by atoms with Crippen LogP contribution in [0.25, 0.3) is 0 Å². The number of hydrogen-bond donors (Lipinski definition) is 1. The summed E-state index contributed by atoms with van der Waals surface area (Å²) in [6.45, 7) is 1.94. The standard InChI is InChI=1S/C23H27Cl2FN2O2S/c24-18-6-4-16(5-7-18)14-17-10-12-28(13-11-17)22-3-1-2-21(22)27-31(29,30)23-9-8-19(26)15-20(23)25/h4-9,15,17,21-22,27H,1-3,10-14H2. The highest BCUT2D eigenvalue weighted by Gasteiger charge is 2.37. The molecule has 1 N–H and O–H groups in total. The van der Waals surface area contributed by atoms with Gasteiger partial charge in [-0.15, -0.1) is 0 Å². The molecule has 1 heterocycles. The predicted octanol–water partition coefficient (Wildman–Crippen LogP) is 5.29. The minimum atomic E-state index is -3.80. The summed E-state index contributed by atoms with van der Waals surface area (Å²) in [6, 6.07) is 11.5. The monoisotopic (exact) mass is 484 g/mol. The molecule has 0 bridgehead atoms. The van der Waals surface area contributed by atoms with Crippen molar-refractivity contribution in [2.75, 3.05) is 13.1 Å². The molecule has 2 unspecified atom stereocenters. The highest BCUT2D eigenvalue weighted by Crippen LogP contribution is 2.31. The molecule has 1 aliphatic carbocycles. The quantitative estimate of drug-likeness (QED) is 0.605. The number of halogens is 3. The van der Waals surface area contributed by atoms with Crippen molar-refractivity contribution in [3.63, 3.8) is 0 Å². The van der Waals surface area contributed by atoms with Crippen LogP contribution in [0, 0.1) is 11.7 Å². The molecule has 2 aliphatic rings. The number of nitrogens with one attached hydrogen (secondary N) is 1. The third kappa shape index (κ3) is 5.60. The number of likely N-dealkylation sites (tertiary alicyclic amines) is 1. The van der Waals surface area contributed by atoms with Gasteiger partial charge >= 0.3 is 0 Å². The Morgan fingerprint density at radius 1 is 1.00 bits per heavy atom. The maximum Gasteiger partial charge on any atom is 0.242 e. The van der Waals surface area contributed by atoms with Crippen LogP contribution in [-0.4, -0.2) is 38.5 Å². The van der Waals surface area contributed by atoms with Gasteiger partial charge in [-0.3, -0.25) is 4.90 Å². The Labute approximate surface area is 193 Å². The Kier molecular flexibility index (Phi) is 7.24. The normalized spacial score (nSPS) is 23.3. The summed E-state index contributed by atoms with van der Waals surface area (Å²) in [5, 5.41) is 0.667. The van der Waals surface area contributed by atoms with Crippen LogP contribution in [-0.2, 0) is 16.4 Å². The molecule has 2 aromatic rings. The summed E-state index contributed by atoms with van der Waals surface area (Å²) in [6.07, 6.45) is 6.01. The highest BCUT2D eigenvalue weighted by molar-refractivity contribution is 7.89. The van der Waals surface area contributed by atoms with Crippen molar-refractivity contribution in [3.8, 4) is 0 Å². The van der Waals surface area contributed by atoms with Crippen LogP contribution in [0.4, 0.5) is 4.39 Å². The van der Waals surface area contributed by atoms with Crippen LogP contribution in [0.1, 0.15) is 37.7 Å². The van der Waals surface area contributed by atoms with Crippen molar-refractivity contribution in [2.45, 2.75) is 55.5 Å². The van der Waals surface area contributed by atoms with Gasteiger partial charge in [-0.25, -0.2) is 17.5 Å². The molecular formula is C23H27Cl2FN2O2S. The number of rotatable bonds is 6. The second-order valence-electron chi connectivity index (χ2n) is 8.61. The molecule has 2 fully saturated rings. The van der Waals surface area contributed by atoms with E-state index in [4.69, 9.17) is 23.2 Å².